The Labute approximate surface area is 166 Å². The molecule has 3 aromatic rings. The second-order valence-electron chi connectivity index (χ2n) is 6.44. The van der Waals surface area contributed by atoms with Gasteiger partial charge in [0.1, 0.15) is 23.4 Å². The Kier molecular flexibility index (Phi) is 5.61. The number of methoxy groups -OCH3 is 1. The van der Waals surface area contributed by atoms with Crippen LogP contribution < -0.4 is 14.9 Å². The van der Waals surface area contributed by atoms with E-state index in [1.807, 2.05) is 6.92 Å². The molecule has 0 radical (unpaired) electrons. The maximum atomic E-state index is 12.5. The van der Waals surface area contributed by atoms with Gasteiger partial charge in [-0.25, -0.2) is 0 Å². The summed E-state index contributed by atoms with van der Waals surface area (Å²) in [5.74, 6) is 0.295. The van der Waals surface area contributed by atoms with E-state index in [1.54, 1.807) is 37.3 Å². The van der Waals surface area contributed by atoms with E-state index in [1.165, 1.54) is 13.2 Å². The first-order chi connectivity index (χ1) is 13.3. The van der Waals surface area contributed by atoms with Gasteiger partial charge in [-0.2, -0.15) is 0 Å². The molecular weight excluding hydrogens is 384 g/mol. The minimum absolute atomic E-state index is 0.137. The molecule has 1 N–H and O–H groups in total. The highest BCUT2D eigenvalue weighted by molar-refractivity contribution is 6.34. The summed E-state index contributed by atoms with van der Waals surface area (Å²) in [6.07, 6.45) is -0.669. The first-order valence-electron chi connectivity index (χ1n) is 8.60. The molecule has 0 aliphatic rings. The molecule has 0 fully saturated rings. The summed E-state index contributed by atoms with van der Waals surface area (Å²) in [5, 5.41) is 9.65. The quantitative estimate of drug-likeness (QED) is 0.644. The van der Waals surface area contributed by atoms with Crippen LogP contribution in [0.2, 0.25) is 5.02 Å². The van der Waals surface area contributed by atoms with Gasteiger partial charge >= 0.3 is 5.97 Å². The summed E-state index contributed by atoms with van der Waals surface area (Å²) in [5.41, 5.74) is 1.32. The van der Waals surface area contributed by atoms with E-state index in [0.717, 1.165) is 5.56 Å². The van der Waals surface area contributed by atoms with Gasteiger partial charge in [-0.15, -0.1) is 0 Å². The summed E-state index contributed by atoms with van der Waals surface area (Å²) in [6, 6.07) is 9.76. The standard InChI is InChI=1S/C21H19ClO6/c1-11-7-18(26-3)14(9-17(11)27-12(2)8-20(24)25)19-10-16(23)13-5-4-6-15(22)21(13)28-19/h4-7,9-10,12H,8H2,1-3H3,(H,24,25). The number of aryl methyl sites for hydroxylation is 1. The molecule has 3 rings (SSSR count). The van der Waals surface area contributed by atoms with Crippen LogP contribution in [0.1, 0.15) is 18.9 Å². The minimum Gasteiger partial charge on any atom is -0.496 e. The van der Waals surface area contributed by atoms with Crippen LogP contribution in [-0.4, -0.2) is 24.3 Å². The van der Waals surface area contributed by atoms with E-state index in [0.29, 0.717) is 27.5 Å². The zero-order valence-electron chi connectivity index (χ0n) is 15.6. The number of hydrogen-bond donors (Lipinski definition) is 1. The normalized spacial score (nSPS) is 12.0. The zero-order chi connectivity index (χ0) is 20.4. The summed E-state index contributed by atoms with van der Waals surface area (Å²) in [7, 11) is 1.51. The molecule has 0 bridgehead atoms. The molecule has 0 spiro atoms. The highest BCUT2D eigenvalue weighted by Crippen LogP contribution is 2.37. The second kappa shape index (κ2) is 7.94. The van der Waals surface area contributed by atoms with E-state index < -0.39 is 12.1 Å². The van der Waals surface area contributed by atoms with Gasteiger partial charge in [0.05, 0.1) is 29.5 Å². The van der Waals surface area contributed by atoms with Gasteiger partial charge in [-0.1, -0.05) is 17.7 Å². The van der Waals surface area contributed by atoms with Crippen molar-refractivity contribution in [2.45, 2.75) is 26.4 Å². The maximum Gasteiger partial charge on any atom is 0.307 e. The number of rotatable bonds is 6. The smallest absolute Gasteiger partial charge is 0.307 e. The summed E-state index contributed by atoms with van der Waals surface area (Å²) in [6.45, 7) is 3.50. The predicted octanol–water partition coefficient (Wildman–Crippen LogP) is 4.67. The third kappa shape index (κ3) is 3.97. The van der Waals surface area contributed by atoms with Gasteiger partial charge in [0.15, 0.2) is 11.0 Å². The number of carbonyl (C=O) groups is 1. The largest absolute Gasteiger partial charge is 0.496 e. The van der Waals surface area contributed by atoms with Gasteiger partial charge in [-0.05, 0) is 43.7 Å². The van der Waals surface area contributed by atoms with Gasteiger partial charge < -0.3 is 19.0 Å². The molecule has 0 saturated carbocycles. The van der Waals surface area contributed by atoms with Crippen molar-refractivity contribution in [1.29, 1.82) is 0 Å². The fourth-order valence-corrected chi connectivity index (χ4v) is 3.14. The second-order valence-corrected chi connectivity index (χ2v) is 6.84. The molecule has 1 heterocycles. The average molecular weight is 403 g/mol. The van der Waals surface area contributed by atoms with Crippen molar-refractivity contribution in [3.05, 3.63) is 57.2 Å². The number of hydrogen-bond acceptors (Lipinski definition) is 5. The van der Waals surface area contributed by atoms with Crippen molar-refractivity contribution in [3.8, 4) is 22.8 Å². The molecule has 0 aliphatic carbocycles. The molecule has 0 aliphatic heterocycles. The average Bonchev–Trinajstić information content (AvgIpc) is 2.63. The highest BCUT2D eigenvalue weighted by Gasteiger charge is 2.18. The first kappa shape index (κ1) is 19.8. The molecule has 1 unspecified atom stereocenters. The Morgan fingerprint density at radius 1 is 1.25 bits per heavy atom. The first-order valence-corrected chi connectivity index (χ1v) is 8.97. The van der Waals surface area contributed by atoms with Crippen LogP contribution in [0.3, 0.4) is 0 Å². The van der Waals surface area contributed by atoms with Gasteiger partial charge in [0.2, 0.25) is 0 Å². The fraction of sp³-hybridized carbons (Fsp3) is 0.238. The molecule has 1 atom stereocenters. The van der Waals surface area contributed by atoms with Crippen molar-refractivity contribution >= 4 is 28.5 Å². The van der Waals surface area contributed by atoms with E-state index in [2.05, 4.69) is 0 Å². The summed E-state index contributed by atoms with van der Waals surface area (Å²) < 4.78 is 17.1. The molecule has 6 nitrogen and oxygen atoms in total. The third-order valence-corrected chi connectivity index (χ3v) is 4.56. The predicted molar refractivity (Wildman–Crippen MR) is 107 cm³/mol. The van der Waals surface area contributed by atoms with E-state index in [4.69, 9.17) is 30.6 Å². The molecular formula is C21H19ClO6. The Hall–Kier alpha value is -2.99. The Morgan fingerprint density at radius 2 is 2.00 bits per heavy atom. The van der Waals surface area contributed by atoms with Crippen LogP contribution in [0.15, 0.2) is 45.6 Å². The van der Waals surface area contributed by atoms with Crippen LogP contribution >= 0.6 is 11.6 Å². The van der Waals surface area contributed by atoms with E-state index in [-0.39, 0.29) is 23.2 Å². The number of halogens is 1. The van der Waals surface area contributed by atoms with Crippen molar-refractivity contribution in [1.82, 2.24) is 0 Å². The lowest BCUT2D eigenvalue weighted by Gasteiger charge is -2.17. The van der Waals surface area contributed by atoms with Crippen LogP contribution in [-0.2, 0) is 4.79 Å². The van der Waals surface area contributed by atoms with Crippen LogP contribution in [0.4, 0.5) is 0 Å². The summed E-state index contributed by atoms with van der Waals surface area (Å²) in [4.78, 5) is 23.4. The number of fused-ring (bicyclic) bond motifs is 1. The number of carboxylic acid groups (broad SMARTS) is 1. The lowest BCUT2D eigenvalue weighted by Crippen LogP contribution is -2.17. The Bertz CT molecular complexity index is 1100. The van der Waals surface area contributed by atoms with Crippen LogP contribution in [0.5, 0.6) is 11.5 Å². The molecule has 0 amide bonds. The van der Waals surface area contributed by atoms with Gasteiger partial charge in [-0.3, -0.25) is 9.59 Å². The molecule has 1 aromatic heterocycles. The van der Waals surface area contributed by atoms with Crippen molar-refractivity contribution in [2.75, 3.05) is 7.11 Å². The van der Waals surface area contributed by atoms with Gasteiger partial charge in [0.25, 0.3) is 0 Å². The van der Waals surface area contributed by atoms with Gasteiger partial charge in [0, 0.05) is 6.07 Å². The monoisotopic (exact) mass is 402 g/mol. The number of carboxylic acids is 1. The van der Waals surface area contributed by atoms with Crippen molar-refractivity contribution in [2.24, 2.45) is 0 Å². The van der Waals surface area contributed by atoms with Crippen LogP contribution in [0.25, 0.3) is 22.3 Å². The molecule has 28 heavy (non-hydrogen) atoms. The maximum absolute atomic E-state index is 12.5. The molecule has 7 heteroatoms. The number of ether oxygens (including phenoxy) is 2. The Morgan fingerprint density at radius 3 is 2.68 bits per heavy atom. The number of para-hydroxylation sites is 1. The third-order valence-electron chi connectivity index (χ3n) is 4.26. The molecule has 2 aromatic carbocycles. The fourth-order valence-electron chi connectivity index (χ4n) is 2.93. The zero-order valence-corrected chi connectivity index (χ0v) is 16.4. The van der Waals surface area contributed by atoms with Crippen LogP contribution in [0, 0.1) is 6.92 Å². The number of benzene rings is 2. The summed E-state index contributed by atoms with van der Waals surface area (Å²) >= 11 is 6.19. The van der Waals surface area contributed by atoms with Crippen molar-refractivity contribution < 1.29 is 23.8 Å². The SMILES string of the molecule is COc1cc(C)c(OC(C)CC(=O)O)cc1-c1cc(=O)c2cccc(Cl)c2o1. The highest BCUT2D eigenvalue weighted by atomic mass is 35.5. The van der Waals surface area contributed by atoms with E-state index in [9.17, 15) is 9.59 Å². The number of aliphatic carboxylic acids is 1. The Balaban J connectivity index is 2.14. The molecule has 0 saturated heterocycles. The van der Waals surface area contributed by atoms with E-state index >= 15 is 0 Å². The molecule has 146 valence electrons. The lowest BCUT2D eigenvalue weighted by molar-refractivity contribution is -0.138. The topological polar surface area (TPSA) is 86.0 Å². The lowest BCUT2D eigenvalue weighted by atomic mass is 10.1. The minimum atomic E-state index is -0.950. The van der Waals surface area contributed by atoms with Crippen molar-refractivity contribution in [3.63, 3.8) is 0 Å².